The van der Waals surface area contributed by atoms with Crippen LogP contribution in [0.2, 0.25) is 0 Å². The maximum absolute atomic E-state index is 11.4. The minimum Gasteiger partial charge on any atom is -0.493 e. The smallest absolute Gasteiger partial charge is 0.310 e. The molecule has 5 rings (SSSR count). The summed E-state index contributed by atoms with van der Waals surface area (Å²) in [5, 5.41) is 16.0. The molecule has 8 nitrogen and oxygen atoms in total. The molecule has 2 aliphatic rings. The summed E-state index contributed by atoms with van der Waals surface area (Å²) in [5.41, 5.74) is 4.34. The first-order valence-corrected chi connectivity index (χ1v) is 11.4. The lowest BCUT2D eigenvalue weighted by molar-refractivity contribution is -0.141. The molecule has 2 aliphatic heterocycles. The Morgan fingerprint density at radius 2 is 2.12 bits per heavy atom. The molecule has 176 valence electrons. The highest BCUT2D eigenvalue weighted by atomic mass is 16.5. The van der Waals surface area contributed by atoms with Crippen LogP contribution in [0.4, 0.5) is 5.95 Å². The van der Waals surface area contributed by atoms with E-state index in [-0.39, 0.29) is 6.04 Å². The van der Waals surface area contributed by atoms with Crippen molar-refractivity contribution in [2.45, 2.75) is 25.6 Å². The molecule has 0 amide bonds. The van der Waals surface area contributed by atoms with Gasteiger partial charge in [0.1, 0.15) is 6.61 Å². The molecule has 0 saturated carbocycles. The lowest BCUT2D eigenvalue weighted by Gasteiger charge is -2.26. The van der Waals surface area contributed by atoms with Crippen LogP contribution >= 0.6 is 0 Å². The Morgan fingerprint density at radius 3 is 2.91 bits per heavy atom. The number of aliphatic carboxylic acids is 1. The number of methoxy groups -OCH3 is 1. The van der Waals surface area contributed by atoms with E-state index in [0.29, 0.717) is 31.4 Å². The molecule has 0 fully saturated rings. The minimum atomic E-state index is -0.804. The molecule has 0 radical (unpaired) electrons. The monoisotopic (exact) mass is 460 g/mol. The fourth-order valence-corrected chi connectivity index (χ4v) is 4.49. The third-order valence-electron chi connectivity index (χ3n) is 6.36. The molecule has 34 heavy (non-hydrogen) atoms. The van der Waals surface area contributed by atoms with E-state index >= 15 is 0 Å². The van der Waals surface area contributed by atoms with E-state index in [1.807, 2.05) is 47.0 Å². The van der Waals surface area contributed by atoms with E-state index in [2.05, 4.69) is 27.8 Å². The van der Waals surface area contributed by atoms with Gasteiger partial charge < -0.3 is 29.8 Å². The summed E-state index contributed by atoms with van der Waals surface area (Å²) in [6, 6.07) is 14.2. The lowest BCUT2D eigenvalue weighted by Crippen LogP contribution is -2.33. The normalized spacial score (nSPS) is 19.2. The third-order valence-corrected chi connectivity index (χ3v) is 6.36. The Kier molecular flexibility index (Phi) is 6.22. The lowest BCUT2D eigenvalue weighted by atomic mass is 9.93. The number of benzene rings is 2. The zero-order valence-corrected chi connectivity index (χ0v) is 19.0. The van der Waals surface area contributed by atoms with E-state index in [1.54, 1.807) is 13.3 Å². The van der Waals surface area contributed by atoms with Crippen molar-refractivity contribution in [1.82, 2.24) is 14.9 Å². The Labute approximate surface area is 198 Å². The second-order valence-corrected chi connectivity index (χ2v) is 8.55. The molecule has 0 saturated heterocycles. The Bertz CT molecular complexity index is 1210. The molecule has 2 atom stereocenters. The molecule has 3 N–H and O–H groups in total. The average Bonchev–Trinajstić information content (AvgIpc) is 3.28. The van der Waals surface area contributed by atoms with Gasteiger partial charge in [-0.2, -0.15) is 0 Å². The first kappa shape index (κ1) is 22.0. The molecule has 2 unspecified atom stereocenters. The number of aromatic nitrogens is 2. The Balaban J connectivity index is 1.36. The van der Waals surface area contributed by atoms with Gasteiger partial charge in [-0.05, 0) is 41.3 Å². The second-order valence-electron chi connectivity index (χ2n) is 8.55. The van der Waals surface area contributed by atoms with Gasteiger partial charge in [-0.15, -0.1) is 0 Å². The quantitative estimate of drug-likeness (QED) is 0.497. The predicted octanol–water partition coefficient (Wildman–Crippen LogP) is 3.50. The highest BCUT2D eigenvalue weighted by molar-refractivity contribution is 5.71. The van der Waals surface area contributed by atoms with Gasteiger partial charge in [-0.25, -0.2) is 4.98 Å². The number of ether oxygens (including phenoxy) is 2. The number of imidazole rings is 1. The minimum absolute atomic E-state index is 0.00112. The van der Waals surface area contributed by atoms with Gasteiger partial charge in [0.2, 0.25) is 5.95 Å². The second kappa shape index (κ2) is 9.61. The number of nitrogens with one attached hydrogen (secondary N) is 2. The van der Waals surface area contributed by atoms with Crippen molar-refractivity contribution in [3.63, 3.8) is 0 Å². The SMILES string of the molecule is COc1cc2c(cc1OCc1ccccc1)CCNC2/C=C/c1cnc2n1CC(C(=O)O)CN2. The van der Waals surface area contributed by atoms with Crippen LogP contribution in [-0.2, 0) is 24.4 Å². The van der Waals surface area contributed by atoms with E-state index in [9.17, 15) is 9.90 Å². The van der Waals surface area contributed by atoms with Gasteiger partial charge in [-0.3, -0.25) is 4.79 Å². The van der Waals surface area contributed by atoms with Crippen molar-refractivity contribution in [3.8, 4) is 11.5 Å². The third kappa shape index (κ3) is 4.49. The summed E-state index contributed by atoms with van der Waals surface area (Å²) in [6.45, 7) is 2.12. The van der Waals surface area contributed by atoms with Crippen LogP contribution in [0.25, 0.3) is 6.08 Å². The van der Waals surface area contributed by atoms with Crippen molar-refractivity contribution < 1.29 is 19.4 Å². The topological polar surface area (TPSA) is 97.6 Å². The number of carboxylic acids is 1. The van der Waals surface area contributed by atoms with Crippen molar-refractivity contribution in [3.05, 3.63) is 77.1 Å². The maximum Gasteiger partial charge on any atom is 0.310 e. The number of fused-ring (bicyclic) bond motifs is 2. The van der Waals surface area contributed by atoms with Crippen molar-refractivity contribution >= 4 is 18.0 Å². The van der Waals surface area contributed by atoms with Gasteiger partial charge >= 0.3 is 5.97 Å². The zero-order chi connectivity index (χ0) is 23.5. The number of carboxylic acid groups (broad SMARTS) is 1. The van der Waals surface area contributed by atoms with E-state index in [1.165, 1.54) is 5.56 Å². The highest BCUT2D eigenvalue weighted by Crippen LogP contribution is 2.36. The van der Waals surface area contributed by atoms with Crippen molar-refractivity contribution in [2.24, 2.45) is 5.92 Å². The zero-order valence-electron chi connectivity index (χ0n) is 19.0. The van der Waals surface area contributed by atoms with E-state index in [4.69, 9.17) is 9.47 Å². The predicted molar refractivity (Wildman–Crippen MR) is 129 cm³/mol. The molecule has 1 aromatic heterocycles. The van der Waals surface area contributed by atoms with Gasteiger partial charge in [0.05, 0.1) is 31.0 Å². The van der Waals surface area contributed by atoms with Crippen LogP contribution in [0, 0.1) is 5.92 Å². The van der Waals surface area contributed by atoms with Crippen molar-refractivity contribution in [2.75, 3.05) is 25.5 Å². The number of rotatable bonds is 7. The van der Waals surface area contributed by atoms with Crippen molar-refractivity contribution in [1.29, 1.82) is 0 Å². The molecular formula is C26H28N4O4. The van der Waals surface area contributed by atoms with E-state index in [0.717, 1.165) is 35.5 Å². The molecule has 8 heteroatoms. The van der Waals surface area contributed by atoms with Crippen LogP contribution in [0.3, 0.4) is 0 Å². The van der Waals surface area contributed by atoms with E-state index < -0.39 is 11.9 Å². The molecule has 0 aliphatic carbocycles. The summed E-state index contributed by atoms with van der Waals surface area (Å²) in [6.07, 6.45) is 6.77. The summed E-state index contributed by atoms with van der Waals surface area (Å²) < 4.78 is 13.7. The molecule has 3 heterocycles. The van der Waals surface area contributed by atoms with Crippen LogP contribution in [0.15, 0.2) is 54.7 Å². The van der Waals surface area contributed by atoms with Crippen LogP contribution < -0.4 is 20.1 Å². The highest BCUT2D eigenvalue weighted by Gasteiger charge is 2.26. The van der Waals surface area contributed by atoms with Gasteiger partial charge in [0.15, 0.2) is 11.5 Å². The summed E-state index contributed by atoms with van der Waals surface area (Å²) >= 11 is 0. The largest absolute Gasteiger partial charge is 0.493 e. The summed E-state index contributed by atoms with van der Waals surface area (Å²) in [4.78, 5) is 15.8. The molecule has 0 spiro atoms. The summed E-state index contributed by atoms with van der Waals surface area (Å²) in [5.74, 6) is 0.872. The van der Waals surface area contributed by atoms with Gasteiger partial charge in [0, 0.05) is 19.6 Å². The molecular weight excluding hydrogens is 432 g/mol. The van der Waals surface area contributed by atoms with Crippen LogP contribution in [0.1, 0.15) is 28.4 Å². The fourth-order valence-electron chi connectivity index (χ4n) is 4.49. The number of nitrogens with zero attached hydrogens (tertiary/aromatic N) is 2. The number of hydrogen-bond acceptors (Lipinski definition) is 6. The number of hydrogen-bond donors (Lipinski definition) is 3. The maximum atomic E-state index is 11.4. The standard InChI is InChI=1S/C26H28N4O4/c1-33-23-12-21-18(11-24(23)34-16-17-5-3-2-4-6-17)9-10-27-22(21)8-7-20-14-29-26-28-13-19(25(31)32)15-30(20)26/h2-8,11-12,14,19,22,27H,9-10,13,15-16H2,1H3,(H,28,29)(H,31,32)/b8-7+. The van der Waals surface area contributed by atoms with Crippen LogP contribution in [-0.4, -0.2) is 40.8 Å². The Morgan fingerprint density at radius 1 is 1.26 bits per heavy atom. The van der Waals surface area contributed by atoms with Gasteiger partial charge in [-0.1, -0.05) is 36.4 Å². The van der Waals surface area contributed by atoms with Crippen LogP contribution in [0.5, 0.6) is 11.5 Å². The average molecular weight is 461 g/mol. The first-order valence-electron chi connectivity index (χ1n) is 11.4. The Hall–Kier alpha value is -3.78. The first-order chi connectivity index (χ1) is 16.6. The van der Waals surface area contributed by atoms with Gasteiger partial charge in [0.25, 0.3) is 0 Å². The number of carbonyl (C=O) groups is 1. The fraction of sp³-hybridized carbons (Fsp3) is 0.308. The molecule has 3 aromatic rings. The number of anilines is 1. The molecule has 0 bridgehead atoms. The summed E-state index contributed by atoms with van der Waals surface area (Å²) in [7, 11) is 1.66. The molecule has 2 aromatic carbocycles.